The average molecular weight is 246 g/mol. The van der Waals surface area contributed by atoms with Gasteiger partial charge in [0.05, 0.1) is 11.0 Å². The lowest BCUT2D eigenvalue weighted by Gasteiger charge is -2.12. The summed E-state index contributed by atoms with van der Waals surface area (Å²) in [5, 5.41) is 10.7. The minimum absolute atomic E-state index is 0.00920. The normalized spacial score (nSPS) is 12.1. The zero-order valence-electron chi connectivity index (χ0n) is 9.42. The monoisotopic (exact) mass is 246 g/mol. The van der Waals surface area contributed by atoms with E-state index in [0.717, 1.165) is 0 Å². The van der Waals surface area contributed by atoms with Crippen LogP contribution in [0.25, 0.3) is 0 Å². The molecule has 0 aromatic heterocycles. The molecule has 0 saturated heterocycles. The number of hydrogen-bond acceptors (Lipinski definition) is 3. The van der Waals surface area contributed by atoms with Gasteiger partial charge in [-0.1, -0.05) is 24.3 Å². The first kappa shape index (κ1) is 12.2. The van der Waals surface area contributed by atoms with Crippen LogP contribution in [0.1, 0.15) is 17.2 Å². The molecule has 2 N–H and O–H groups in total. The molecule has 0 radical (unpaired) electrons. The molecule has 0 heterocycles. The van der Waals surface area contributed by atoms with Crippen LogP contribution in [0.3, 0.4) is 0 Å². The minimum atomic E-state index is -0.509. The first-order chi connectivity index (χ1) is 8.58. The molecule has 5 heteroatoms. The van der Waals surface area contributed by atoms with Crippen LogP contribution in [0.2, 0.25) is 0 Å². The summed E-state index contributed by atoms with van der Waals surface area (Å²) in [7, 11) is 0. The summed E-state index contributed by atoms with van der Waals surface area (Å²) < 4.78 is 12.8. The van der Waals surface area contributed by atoms with Crippen molar-refractivity contribution in [3.05, 3.63) is 75.6 Å². The highest BCUT2D eigenvalue weighted by atomic mass is 19.1. The van der Waals surface area contributed by atoms with E-state index in [4.69, 9.17) is 5.73 Å². The van der Waals surface area contributed by atoms with E-state index in [1.165, 1.54) is 24.3 Å². The van der Waals surface area contributed by atoms with Crippen LogP contribution in [0.4, 0.5) is 10.1 Å². The quantitative estimate of drug-likeness (QED) is 0.668. The minimum Gasteiger partial charge on any atom is -0.320 e. The SMILES string of the molecule is NC(c1ccc(F)cc1)c1cccc([N+](=O)[O-])c1. The van der Waals surface area contributed by atoms with Crippen molar-refractivity contribution in [2.45, 2.75) is 6.04 Å². The van der Waals surface area contributed by atoms with Crippen LogP contribution in [0.15, 0.2) is 48.5 Å². The predicted molar refractivity (Wildman–Crippen MR) is 65.5 cm³/mol. The van der Waals surface area contributed by atoms with E-state index in [2.05, 4.69) is 0 Å². The number of benzene rings is 2. The summed E-state index contributed by atoms with van der Waals surface area (Å²) in [6.07, 6.45) is 0. The van der Waals surface area contributed by atoms with Gasteiger partial charge in [-0.25, -0.2) is 4.39 Å². The summed E-state index contributed by atoms with van der Waals surface area (Å²) in [6.45, 7) is 0. The van der Waals surface area contributed by atoms with E-state index in [1.807, 2.05) is 0 Å². The summed E-state index contributed by atoms with van der Waals surface area (Å²) in [5.41, 5.74) is 7.31. The number of nitrogens with two attached hydrogens (primary N) is 1. The smallest absolute Gasteiger partial charge is 0.269 e. The fourth-order valence-electron chi connectivity index (χ4n) is 1.69. The standard InChI is InChI=1S/C13H11FN2O2/c14-11-6-4-9(5-7-11)13(15)10-2-1-3-12(8-10)16(17)18/h1-8,13H,15H2. The van der Waals surface area contributed by atoms with Gasteiger partial charge in [-0.3, -0.25) is 10.1 Å². The van der Waals surface area contributed by atoms with Crippen LogP contribution < -0.4 is 5.73 Å². The van der Waals surface area contributed by atoms with Crippen molar-refractivity contribution in [3.8, 4) is 0 Å². The van der Waals surface area contributed by atoms with Crippen LogP contribution >= 0.6 is 0 Å². The van der Waals surface area contributed by atoms with Crippen LogP contribution in [-0.4, -0.2) is 4.92 Å². The molecule has 0 aliphatic heterocycles. The molecule has 0 spiro atoms. The Morgan fingerprint density at radius 1 is 1.11 bits per heavy atom. The molecule has 92 valence electrons. The molecule has 2 aromatic carbocycles. The van der Waals surface area contributed by atoms with E-state index in [1.54, 1.807) is 24.3 Å². The molecule has 2 rings (SSSR count). The molecule has 18 heavy (non-hydrogen) atoms. The van der Waals surface area contributed by atoms with Crippen molar-refractivity contribution in [2.24, 2.45) is 5.73 Å². The summed E-state index contributed by atoms with van der Waals surface area (Å²) in [6, 6.07) is 11.4. The summed E-state index contributed by atoms with van der Waals surface area (Å²) in [4.78, 5) is 10.2. The van der Waals surface area contributed by atoms with Gasteiger partial charge in [-0.15, -0.1) is 0 Å². The molecule has 0 saturated carbocycles. The van der Waals surface area contributed by atoms with E-state index in [0.29, 0.717) is 11.1 Å². The highest BCUT2D eigenvalue weighted by Gasteiger charge is 2.12. The van der Waals surface area contributed by atoms with Crippen molar-refractivity contribution in [1.82, 2.24) is 0 Å². The van der Waals surface area contributed by atoms with Crippen molar-refractivity contribution in [3.63, 3.8) is 0 Å². The second kappa shape index (κ2) is 4.93. The molecule has 2 aromatic rings. The maximum Gasteiger partial charge on any atom is 0.269 e. The lowest BCUT2D eigenvalue weighted by molar-refractivity contribution is -0.384. The van der Waals surface area contributed by atoms with E-state index in [-0.39, 0.29) is 11.5 Å². The Bertz CT molecular complexity index is 569. The first-order valence-corrected chi connectivity index (χ1v) is 5.33. The molecule has 4 nitrogen and oxygen atoms in total. The van der Waals surface area contributed by atoms with Gasteiger partial charge in [0.1, 0.15) is 5.82 Å². The zero-order valence-corrected chi connectivity index (χ0v) is 9.42. The van der Waals surface area contributed by atoms with Gasteiger partial charge in [0.25, 0.3) is 5.69 Å². The number of nitro benzene ring substituents is 1. The molecule has 0 amide bonds. The van der Waals surface area contributed by atoms with Gasteiger partial charge in [0.15, 0.2) is 0 Å². The Morgan fingerprint density at radius 3 is 2.39 bits per heavy atom. The maximum absolute atomic E-state index is 12.8. The fourth-order valence-corrected chi connectivity index (χ4v) is 1.69. The van der Waals surface area contributed by atoms with E-state index < -0.39 is 11.0 Å². The Morgan fingerprint density at radius 2 is 1.78 bits per heavy atom. The molecule has 0 fully saturated rings. The maximum atomic E-state index is 12.8. The fraction of sp³-hybridized carbons (Fsp3) is 0.0769. The Labute approximate surface area is 103 Å². The lowest BCUT2D eigenvalue weighted by atomic mass is 9.99. The summed E-state index contributed by atoms with van der Waals surface area (Å²) >= 11 is 0. The molecule has 0 bridgehead atoms. The third kappa shape index (κ3) is 2.52. The van der Waals surface area contributed by atoms with E-state index in [9.17, 15) is 14.5 Å². The molecule has 0 aliphatic rings. The zero-order chi connectivity index (χ0) is 13.1. The van der Waals surface area contributed by atoms with Crippen molar-refractivity contribution >= 4 is 5.69 Å². The second-order valence-electron chi connectivity index (χ2n) is 3.88. The highest BCUT2D eigenvalue weighted by molar-refractivity contribution is 5.39. The van der Waals surface area contributed by atoms with Gasteiger partial charge in [0.2, 0.25) is 0 Å². The number of non-ortho nitro benzene ring substituents is 1. The molecule has 1 atom stereocenters. The van der Waals surface area contributed by atoms with Gasteiger partial charge in [0, 0.05) is 12.1 Å². The van der Waals surface area contributed by atoms with Crippen molar-refractivity contribution in [2.75, 3.05) is 0 Å². The molecular formula is C13H11FN2O2. The highest BCUT2D eigenvalue weighted by Crippen LogP contribution is 2.23. The van der Waals surface area contributed by atoms with Crippen LogP contribution in [-0.2, 0) is 0 Å². The summed E-state index contributed by atoms with van der Waals surface area (Å²) in [5.74, 6) is -0.343. The van der Waals surface area contributed by atoms with Crippen LogP contribution in [0, 0.1) is 15.9 Å². The second-order valence-corrected chi connectivity index (χ2v) is 3.88. The number of nitro groups is 1. The first-order valence-electron chi connectivity index (χ1n) is 5.33. The molecular weight excluding hydrogens is 235 g/mol. The van der Waals surface area contributed by atoms with Crippen molar-refractivity contribution in [1.29, 1.82) is 0 Å². The predicted octanol–water partition coefficient (Wildman–Crippen LogP) is 2.78. The van der Waals surface area contributed by atoms with Gasteiger partial charge >= 0.3 is 0 Å². The largest absolute Gasteiger partial charge is 0.320 e. The van der Waals surface area contributed by atoms with Gasteiger partial charge in [-0.2, -0.15) is 0 Å². The Kier molecular flexibility index (Phi) is 3.34. The Hall–Kier alpha value is -2.27. The average Bonchev–Trinajstić information content (AvgIpc) is 2.39. The number of nitrogens with zero attached hydrogens (tertiary/aromatic N) is 1. The van der Waals surface area contributed by atoms with E-state index >= 15 is 0 Å². The number of rotatable bonds is 3. The topological polar surface area (TPSA) is 69.2 Å². The third-order valence-electron chi connectivity index (χ3n) is 2.67. The number of halogens is 1. The van der Waals surface area contributed by atoms with Gasteiger partial charge < -0.3 is 5.73 Å². The van der Waals surface area contributed by atoms with Crippen molar-refractivity contribution < 1.29 is 9.31 Å². The number of hydrogen-bond donors (Lipinski definition) is 1. The van der Waals surface area contributed by atoms with Crippen LogP contribution in [0.5, 0.6) is 0 Å². The third-order valence-corrected chi connectivity index (χ3v) is 2.67. The van der Waals surface area contributed by atoms with Gasteiger partial charge in [-0.05, 0) is 23.3 Å². The molecule has 1 unspecified atom stereocenters. The Balaban J connectivity index is 2.33. The lowest BCUT2D eigenvalue weighted by Crippen LogP contribution is -2.11. The molecule has 0 aliphatic carbocycles.